The maximum atomic E-state index is 14.2. The monoisotopic (exact) mass is 503 g/mol. The van der Waals surface area contributed by atoms with Gasteiger partial charge in [-0.2, -0.15) is 0 Å². The molecule has 4 nitrogen and oxygen atoms in total. The number of ether oxygens (including phenoxy) is 1. The summed E-state index contributed by atoms with van der Waals surface area (Å²) in [6.45, 7) is 4.85. The van der Waals surface area contributed by atoms with Gasteiger partial charge < -0.3 is 14.3 Å². The highest BCUT2D eigenvalue weighted by Gasteiger charge is 2.38. The Labute approximate surface area is 216 Å². The summed E-state index contributed by atoms with van der Waals surface area (Å²) in [4.78, 5) is 2.28. The summed E-state index contributed by atoms with van der Waals surface area (Å²) < 4.78 is 40.5. The summed E-state index contributed by atoms with van der Waals surface area (Å²) >= 11 is 0. The van der Waals surface area contributed by atoms with E-state index in [1.165, 1.54) is 47.5 Å². The fourth-order valence-corrected chi connectivity index (χ4v) is 5.05. The van der Waals surface area contributed by atoms with Crippen LogP contribution < -0.4 is 0 Å². The lowest BCUT2D eigenvalue weighted by atomic mass is 9.84. The summed E-state index contributed by atoms with van der Waals surface area (Å²) in [6.07, 6.45) is 2.24. The highest BCUT2D eigenvalue weighted by Crippen LogP contribution is 2.38. The molecule has 2 heterocycles. The smallest absolute Gasteiger partial charge is 0.173 e. The number of rotatable bonds is 9. The van der Waals surface area contributed by atoms with Gasteiger partial charge in [-0.05, 0) is 78.4 Å². The number of hydrogen-bond acceptors (Lipinski definition) is 4. The molecule has 0 radical (unpaired) electrons. The van der Waals surface area contributed by atoms with Crippen LogP contribution in [0.1, 0.15) is 46.6 Å². The molecule has 1 unspecified atom stereocenters. The summed E-state index contributed by atoms with van der Waals surface area (Å²) in [7, 11) is 0. The van der Waals surface area contributed by atoms with Crippen molar-refractivity contribution in [2.24, 2.45) is 0 Å². The van der Waals surface area contributed by atoms with E-state index < -0.39 is 17.2 Å². The Hall–Kier alpha value is -3.32. The predicted molar refractivity (Wildman–Crippen MR) is 138 cm³/mol. The average molecular weight is 504 g/mol. The van der Waals surface area contributed by atoms with Crippen molar-refractivity contribution in [1.82, 2.24) is 4.90 Å². The largest absolute Gasteiger partial charge is 0.461 e. The molecule has 1 aliphatic rings. The molecule has 6 heteroatoms. The van der Waals surface area contributed by atoms with Crippen LogP contribution in [-0.4, -0.2) is 29.3 Å². The Kier molecular flexibility index (Phi) is 7.51. The molecule has 1 fully saturated rings. The number of hydrogen-bond donors (Lipinski definition) is 1. The summed E-state index contributed by atoms with van der Waals surface area (Å²) in [6, 6.07) is 23.1. The molecule has 1 aliphatic heterocycles. The van der Waals surface area contributed by atoms with Gasteiger partial charge in [0.2, 0.25) is 0 Å². The predicted octanol–water partition coefficient (Wildman–Crippen LogP) is 6.33. The van der Waals surface area contributed by atoms with Gasteiger partial charge in [-0.15, -0.1) is 0 Å². The fourth-order valence-electron chi connectivity index (χ4n) is 5.05. The van der Waals surface area contributed by atoms with Gasteiger partial charge in [0.15, 0.2) is 5.60 Å². The molecule has 5 rings (SSSR count). The van der Waals surface area contributed by atoms with Crippen LogP contribution in [0.2, 0.25) is 0 Å². The molecule has 37 heavy (non-hydrogen) atoms. The van der Waals surface area contributed by atoms with Crippen LogP contribution in [0, 0.1) is 18.6 Å². The van der Waals surface area contributed by atoms with Gasteiger partial charge in [-0.25, -0.2) is 8.78 Å². The minimum absolute atomic E-state index is 0.162. The minimum atomic E-state index is -1.86. The third-order valence-corrected chi connectivity index (χ3v) is 7.02. The van der Waals surface area contributed by atoms with Crippen molar-refractivity contribution in [2.75, 3.05) is 13.2 Å². The topological polar surface area (TPSA) is 45.8 Å². The van der Waals surface area contributed by atoms with Crippen molar-refractivity contribution in [3.8, 4) is 0 Å². The molecule has 0 amide bonds. The van der Waals surface area contributed by atoms with Crippen LogP contribution in [0.3, 0.4) is 0 Å². The molecular weight excluding hydrogens is 472 g/mol. The number of nitrogens with zero attached hydrogens (tertiary/aromatic N) is 1. The van der Waals surface area contributed by atoms with E-state index in [9.17, 15) is 13.9 Å². The fraction of sp³-hybridized carbons (Fsp3) is 0.290. The first-order valence-corrected chi connectivity index (χ1v) is 12.6. The molecule has 1 saturated heterocycles. The van der Waals surface area contributed by atoms with Crippen molar-refractivity contribution in [1.29, 1.82) is 0 Å². The molecular formula is C31H31F2NO3. The number of aryl methyl sites for hydroxylation is 1. The van der Waals surface area contributed by atoms with E-state index in [1.54, 1.807) is 18.2 Å². The molecule has 0 saturated carbocycles. The molecule has 4 aromatic rings. The van der Waals surface area contributed by atoms with Crippen molar-refractivity contribution < 1.29 is 23.0 Å². The number of furan rings is 1. The van der Waals surface area contributed by atoms with E-state index in [0.29, 0.717) is 12.3 Å². The second kappa shape index (κ2) is 11.0. The van der Waals surface area contributed by atoms with Crippen LogP contribution in [0.4, 0.5) is 8.78 Å². The maximum absolute atomic E-state index is 14.2. The van der Waals surface area contributed by atoms with Crippen LogP contribution in [0.5, 0.6) is 0 Å². The van der Waals surface area contributed by atoms with Crippen LogP contribution in [0.15, 0.2) is 89.3 Å². The molecule has 1 N–H and O–H groups in total. The Bertz CT molecular complexity index is 1300. The van der Waals surface area contributed by atoms with E-state index in [2.05, 4.69) is 24.0 Å². The van der Waals surface area contributed by atoms with Gasteiger partial charge in [-0.3, -0.25) is 4.90 Å². The quantitative estimate of drug-likeness (QED) is 0.290. The second-order valence-electron chi connectivity index (χ2n) is 9.73. The third kappa shape index (κ3) is 5.67. The highest BCUT2D eigenvalue weighted by molar-refractivity contribution is 5.44. The van der Waals surface area contributed by atoms with E-state index in [4.69, 9.17) is 9.15 Å². The molecule has 1 aromatic heterocycles. The standard InChI is InChI=1S/C31H31F2NO3/c1-22-7-2-3-8-23(22)19-34(20-28-13-6-16-36-28)21-29-14-15-30(37-29)31(35,24-9-4-11-26(32)17-24)25-10-5-12-27(33)18-25/h2-5,7-12,14-15,17-18,28,35H,6,13,16,19-21H2,1H3. The first kappa shape index (κ1) is 25.3. The lowest BCUT2D eigenvalue weighted by molar-refractivity contribution is 0.0629. The zero-order valence-corrected chi connectivity index (χ0v) is 20.9. The first-order chi connectivity index (χ1) is 17.9. The molecule has 1 atom stereocenters. The van der Waals surface area contributed by atoms with Gasteiger partial charge in [-0.1, -0.05) is 48.5 Å². The number of benzene rings is 3. The lowest BCUT2D eigenvalue weighted by Crippen LogP contribution is -2.31. The van der Waals surface area contributed by atoms with Gasteiger partial charge in [0, 0.05) is 19.7 Å². The normalized spacial score (nSPS) is 16.0. The van der Waals surface area contributed by atoms with Crippen molar-refractivity contribution in [3.05, 3.63) is 130 Å². The van der Waals surface area contributed by atoms with E-state index >= 15 is 0 Å². The Morgan fingerprint density at radius 3 is 2.22 bits per heavy atom. The molecule has 0 bridgehead atoms. The molecule has 0 aliphatic carbocycles. The molecule has 3 aromatic carbocycles. The van der Waals surface area contributed by atoms with Crippen LogP contribution in [-0.2, 0) is 23.4 Å². The third-order valence-electron chi connectivity index (χ3n) is 7.02. The summed E-state index contributed by atoms with van der Waals surface area (Å²) in [5.74, 6) is -0.153. The zero-order chi connectivity index (χ0) is 25.8. The summed E-state index contributed by atoms with van der Waals surface area (Å²) in [5, 5.41) is 12.0. The highest BCUT2D eigenvalue weighted by atomic mass is 19.1. The van der Waals surface area contributed by atoms with Crippen LogP contribution >= 0.6 is 0 Å². The lowest BCUT2D eigenvalue weighted by Gasteiger charge is -2.28. The SMILES string of the molecule is Cc1ccccc1CN(Cc1ccc(C(O)(c2cccc(F)c2)c2cccc(F)c2)o1)CC1CCCO1. The molecule has 0 spiro atoms. The maximum Gasteiger partial charge on any atom is 0.173 e. The first-order valence-electron chi connectivity index (χ1n) is 12.6. The Morgan fingerprint density at radius 2 is 1.59 bits per heavy atom. The Morgan fingerprint density at radius 1 is 0.892 bits per heavy atom. The minimum Gasteiger partial charge on any atom is -0.461 e. The van der Waals surface area contributed by atoms with Gasteiger partial charge >= 0.3 is 0 Å². The van der Waals surface area contributed by atoms with E-state index in [0.717, 1.165) is 32.5 Å². The van der Waals surface area contributed by atoms with Crippen molar-refractivity contribution in [3.63, 3.8) is 0 Å². The molecule has 192 valence electrons. The second-order valence-corrected chi connectivity index (χ2v) is 9.73. The van der Waals surface area contributed by atoms with Gasteiger partial charge in [0.05, 0.1) is 12.6 Å². The summed E-state index contributed by atoms with van der Waals surface area (Å²) in [5.41, 5.74) is 1.10. The Balaban J connectivity index is 1.47. The van der Waals surface area contributed by atoms with E-state index in [-0.39, 0.29) is 23.0 Å². The van der Waals surface area contributed by atoms with Crippen molar-refractivity contribution >= 4 is 0 Å². The number of aliphatic hydroxyl groups is 1. The van der Waals surface area contributed by atoms with E-state index in [1.807, 2.05) is 18.2 Å². The average Bonchev–Trinajstić information content (AvgIpc) is 3.57. The number of halogens is 2. The van der Waals surface area contributed by atoms with Crippen molar-refractivity contribution in [2.45, 2.75) is 44.6 Å². The van der Waals surface area contributed by atoms with Gasteiger partial charge in [0.25, 0.3) is 0 Å². The van der Waals surface area contributed by atoms with Gasteiger partial charge in [0.1, 0.15) is 23.2 Å². The van der Waals surface area contributed by atoms with Crippen LogP contribution in [0.25, 0.3) is 0 Å². The zero-order valence-electron chi connectivity index (χ0n) is 20.9.